The van der Waals surface area contributed by atoms with Crippen LogP contribution in [0.25, 0.3) is 0 Å². The molecule has 0 bridgehead atoms. The highest BCUT2D eigenvalue weighted by molar-refractivity contribution is 8.00. The van der Waals surface area contributed by atoms with E-state index in [0.717, 1.165) is 24.5 Å². The monoisotopic (exact) mass is 295 g/mol. The zero-order chi connectivity index (χ0) is 14.8. The maximum atomic E-state index is 11.5. The molecule has 0 radical (unpaired) electrons. The summed E-state index contributed by atoms with van der Waals surface area (Å²) in [7, 11) is 0. The number of nitrogens with zero attached hydrogens (tertiary/aromatic N) is 2. The summed E-state index contributed by atoms with van der Waals surface area (Å²) >= 11 is 1.92. The second-order valence-electron chi connectivity index (χ2n) is 5.49. The van der Waals surface area contributed by atoms with Crippen LogP contribution in [0.5, 0.6) is 0 Å². The second-order valence-corrected chi connectivity index (χ2v) is 7.29. The van der Waals surface area contributed by atoms with Gasteiger partial charge in [-0.3, -0.25) is 10.1 Å². The molecule has 20 heavy (non-hydrogen) atoms. The van der Waals surface area contributed by atoms with Crippen LogP contribution in [0.2, 0.25) is 0 Å². The van der Waals surface area contributed by atoms with Gasteiger partial charge in [0.25, 0.3) is 0 Å². The van der Waals surface area contributed by atoms with Crippen LogP contribution in [0.1, 0.15) is 20.8 Å². The Labute approximate surface area is 123 Å². The first-order chi connectivity index (χ1) is 9.44. The topological polar surface area (TPSA) is 58.4 Å². The summed E-state index contributed by atoms with van der Waals surface area (Å²) < 4.78 is 0.125. The fourth-order valence-corrected chi connectivity index (χ4v) is 3.64. The Balaban J connectivity index is 2.40. The van der Waals surface area contributed by atoms with Crippen LogP contribution in [0.3, 0.4) is 0 Å². The SMILES string of the molecule is CCNc1cccc(N2CCSC(C)(C)C2)c1[N+](=O)[O-]. The fraction of sp³-hybridized carbons (Fsp3) is 0.571. The van der Waals surface area contributed by atoms with Crippen molar-refractivity contribution in [2.75, 3.05) is 35.6 Å². The molecule has 0 atom stereocenters. The molecule has 5 nitrogen and oxygen atoms in total. The molecule has 0 amide bonds. The van der Waals surface area contributed by atoms with E-state index in [1.54, 1.807) is 6.07 Å². The third kappa shape index (κ3) is 3.17. The summed E-state index contributed by atoms with van der Waals surface area (Å²) in [6.07, 6.45) is 0. The predicted molar refractivity (Wildman–Crippen MR) is 86.0 cm³/mol. The molecule has 1 aromatic rings. The van der Waals surface area contributed by atoms with Crippen LogP contribution in [0, 0.1) is 10.1 Å². The Morgan fingerprint density at radius 2 is 2.25 bits per heavy atom. The Morgan fingerprint density at radius 1 is 1.50 bits per heavy atom. The van der Waals surface area contributed by atoms with E-state index < -0.39 is 0 Å². The van der Waals surface area contributed by atoms with Gasteiger partial charge in [-0.05, 0) is 32.9 Å². The van der Waals surface area contributed by atoms with Crippen molar-refractivity contribution in [3.8, 4) is 0 Å². The summed E-state index contributed by atoms with van der Waals surface area (Å²) in [5, 5.41) is 14.5. The maximum absolute atomic E-state index is 11.5. The van der Waals surface area contributed by atoms with Gasteiger partial charge in [-0.2, -0.15) is 11.8 Å². The molecule has 6 heteroatoms. The number of nitro benzene ring substituents is 1. The normalized spacial score (nSPS) is 17.9. The number of rotatable bonds is 4. The van der Waals surface area contributed by atoms with Gasteiger partial charge in [0.2, 0.25) is 0 Å². The standard InChI is InChI=1S/C14H21N3O2S/c1-4-15-11-6-5-7-12(13(11)17(18)19)16-8-9-20-14(2,3)10-16/h5-7,15H,4,8-10H2,1-3H3. The van der Waals surface area contributed by atoms with Crippen molar-refractivity contribution < 1.29 is 4.92 Å². The third-order valence-electron chi connectivity index (χ3n) is 3.33. The van der Waals surface area contributed by atoms with Crippen molar-refractivity contribution in [3.05, 3.63) is 28.3 Å². The molecule has 2 rings (SSSR count). The third-order valence-corrected chi connectivity index (χ3v) is 4.63. The molecule has 0 aromatic heterocycles. The van der Waals surface area contributed by atoms with Gasteiger partial charge in [-0.15, -0.1) is 0 Å². The summed E-state index contributed by atoms with van der Waals surface area (Å²) in [6.45, 7) is 8.66. The lowest BCUT2D eigenvalue weighted by molar-refractivity contribution is -0.383. The number of hydrogen-bond donors (Lipinski definition) is 1. The van der Waals surface area contributed by atoms with E-state index in [1.807, 2.05) is 30.8 Å². The van der Waals surface area contributed by atoms with Gasteiger partial charge in [0.1, 0.15) is 11.4 Å². The van der Waals surface area contributed by atoms with Crippen LogP contribution < -0.4 is 10.2 Å². The highest BCUT2D eigenvalue weighted by Crippen LogP contribution is 2.39. The quantitative estimate of drug-likeness (QED) is 0.682. The first-order valence-electron chi connectivity index (χ1n) is 6.85. The summed E-state index contributed by atoms with van der Waals surface area (Å²) in [6, 6.07) is 5.51. The lowest BCUT2D eigenvalue weighted by Gasteiger charge is -2.38. The van der Waals surface area contributed by atoms with Crippen LogP contribution in [-0.4, -0.2) is 35.1 Å². The van der Waals surface area contributed by atoms with Gasteiger partial charge in [-0.1, -0.05) is 6.07 Å². The van der Waals surface area contributed by atoms with Crippen LogP contribution in [0.4, 0.5) is 17.1 Å². The van der Waals surface area contributed by atoms with Crippen molar-refractivity contribution in [3.63, 3.8) is 0 Å². The molecular formula is C14H21N3O2S. The van der Waals surface area contributed by atoms with E-state index in [-0.39, 0.29) is 15.4 Å². The largest absolute Gasteiger partial charge is 0.380 e. The summed E-state index contributed by atoms with van der Waals surface area (Å²) in [5.41, 5.74) is 1.52. The van der Waals surface area contributed by atoms with Crippen molar-refractivity contribution in [1.82, 2.24) is 0 Å². The molecule has 1 aliphatic rings. The van der Waals surface area contributed by atoms with E-state index in [1.165, 1.54) is 0 Å². The van der Waals surface area contributed by atoms with Gasteiger partial charge < -0.3 is 10.2 Å². The van der Waals surface area contributed by atoms with E-state index >= 15 is 0 Å². The lowest BCUT2D eigenvalue weighted by atomic mass is 10.1. The minimum Gasteiger partial charge on any atom is -0.380 e. The molecule has 0 unspecified atom stereocenters. The lowest BCUT2D eigenvalue weighted by Crippen LogP contribution is -2.43. The zero-order valence-electron chi connectivity index (χ0n) is 12.2. The average Bonchev–Trinajstić information content (AvgIpc) is 2.37. The number of para-hydroxylation sites is 1. The number of benzene rings is 1. The van der Waals surface area contributed by atoms with Crippen molar-refractivity contribution in [2.24, 2.45) is 0 Å². The molecule has 0 saturated carbocycles. The number of nitro groups is 1. The molecule has 110 valence electrons. The zero-order valence-corrected chi connectivity index (χ0v) is 13.0. The van der Waals surface area contributed by atoms with Crippen molar-refractivity contribution >= 4 is 28.8 Å². The second kappa shape index (κ2) is 5.91. The van der Waals surface area contributed by atoms with Gasteiger partial charge in [-0.25, -0.2) is 0 Å². The first-order valence-corrected chi connectivity index (χ1v) is 7.83. The minimum absolute atomic E-state index is 0.125. The van der Waals surface area contributed by atoms with Gasteiger partial charge in [0.05, 0.1) is 4.92 Å². The minimum atomic E-state index is -0.276. The Morgan fingerprint density at radius 3 is 2.85 bits per heavy atom. The summed E-state index contributed by atoms with van der Waals surface area (Å²) in [5.74, 6) is 0.996. The molecule has 0 aliphatic carbocycles. The molecule has 1 aromatic carbocycles. The van der Waals surface area contributed by atoms with E-state index in [0.29, 0.717) is 12.2 Å². The number of thioether (sulfide) groups is 1. The summed E-state index contributed by atoms with van der Waals surface area (Å²) in [4.78, 5) is 13.3. The Kier molecular flexibility index (Phi) is 4.42. The predicted octanol–water partition coefficient (Wildman–Crippen LogP) is 3.36. The van der Waals surface area contributed by atoms with Crippen LogP contribution in [0.15, 0.2) is 18.2 Å². The fourth-order valence-electron chi connectivity index (χ4n) is 2.53. The smallest absolute Gasteiger partial charge is 0.315 e. The van der Waals surface area contributed by atoms with Gasteiger partial charge in [0.15, 0.2) is 0 Å². The molecule has 1 fully saturated rings. The highest BCUT2D eigenvalue weighted by Gasteiger charge is 2.31. The van der Waals surface area contributed by atoms with Crippen molar-refractivity contribution in [2.45, 2.75) is 25.5 Å². The Hall–Kier alpha value is -1.43. The molecule has 1 saturated heterocycles. The van der Waals surface area contributed by atoms with Crippen molar-refractivity contribution in [1.29, 1.82) is 0 Å². The average molecular weight is 295 g/mol. The maximum Gasteiger partial charge on any atom is 0.315 e. The number of hydrogen-bond acceptors (Lipinski definition) is 5. The number of nitrogens with one attached hydrogen (secondary N) is 1. The van der Waals surface area contributed by atoms with Crippen LogP contribution >= 0.6 is 11.8 Å². The highest BCUT2D eigenvalue weighted by atomic mass is 32.2. The van der Waals surface area contributed by atoms with Gasteiger partial charge >= 0.3 is 5.69 Å². The Bertz CT molecular complexity index is 505. The molecule has 1 N–H and O–H groups in total. The van der Waals surface area contributed by atoms with E-state index in [9.17, 15) is 10.1 Å². The van der Waals surface area contributed by atoms with Crippen LogP contribution in [-0.2, 0) is 0 Å². The first kappa shape index (κ1) is 15.0. The van der Waals surface area contributed by atoms with E-state index in [2.05, 4.69) is 24.1 Å². The molecular weight excluding hydrogens is 274 g/mol. The molecule has 1 aliphatic heterocycles. The molecule has 1 heterocycles. The van der Waals surface area contributed by atoms with Gasteiger partial charge in [0, 0.05) is 30.1 Å². The van der Waals surface area contributed by atoms with E-state index in [4.69, 9.17) is 0 Å². The molecule has 0 spiro atoms. The number of anilines is 2.